The van der Waals surface area contributed by atoms with E-state index in [1.165, 1.54) is 12.1 Å². The zero-order valence-corrected chi connectivity index (χ0v) is 13.4. The Labute approximate surface area is 138 Å². The SMILES string of the molecule is Cc1cc(OCC(=O)Nc2cc([N+](=O)[O-])ccc2C)ccc1Cl. The molecule has 2 aromatic rings. The van der Waals surface area contributed by atoms with E-state index < -0.39 is 10.8 Å². The highest BCUT2D eigenvalue weighted by Gasteiger charge is 2.11. The molecule has 0 fully saturated rings. The van der Waals surface area contributed by atoms with Crippen molar-refractivity contribution >= 4 is 28.9 Å². The first-order chi connectivity index (χ1) is 10.9. The van der Waals surface area contributed by atoms with Gasteiger partial charge in [0.2, 0.25) is 0 Å². The number of hydrogen-bond acceptors (Lipinski definition) is 4. The molecule has 0 aromatic heterocycles. The minimum absolute atomic E-state index is 0.0832. The van der Waals surface area contributed by atoms with Crippen molar-refractivity contribution in [1.82, 2.24) is 0 Å². The van der Waals surface area contributed by atoms with Crippen molar-refractivity contribution in [2.75, 3.05) is 11.9 Å². The quantitative estimate of drug-likeness (QED) is 0.664. The van der Waals surface area contributed by atoms with E-state index >= 15 is 0 Å². The molecule has 1 amide bonds. The van der Waals surface area contributed by atoms with Crippen LogP contribution in [0.5, 0.6) is 5.75 Å². The molecule has 2 rings (SSSR count). The molecule has 0 saturated heterocycles. The van der Waals surface area contributed by atoms with Gasteiger partial charge in [-0.1, -0.05) is 17.7 Å². The van der Waals surface area contributed by atoms with E-state index in [4.69, 9.17) is 16.3 Å². The molecular formula is C16H15ClN2O4. The third-order valence-electron chi connectivity index (χ3n) is 3.21. The number of hydrogen-bond donors (Lipinski definition) is 1. The normalized spacial score (nSPS) is 10.2. The monoisotopic (exact) mass is 334 g/mol. The number of carbonyl (C=O) groups excluding carboxylic acids is 1. The van der Waals surface area contributed by atoms with Crippen molar-refractivity contribution in [3.63, 3.8) is 0 Å². The number of nitrogens with zero attached hydrogens (tertiary/aromatic N) is 1. The smallest absolute Gasteiger partial charge is 0.271 e. The number of halogens is 1. The van der Waals surface area contributed by atoms with Crippen LogP contribution in [0.25, 0.3) is 0 Å². The lowest BCUT2D eigenvalue weighted by molar-refractivity contribution is -0.384. The molecule has 0 unspecified atom stereocenters. The summed E-state index contributed by atoms with van der Waals surface area (Å²) in [7, 11) is 0. The molecule has 120 valence electrons. The fourth-order valence-corrected chi connectivity index (χ4v) is 2.02. The Kier molecular flexibility index (Phi) is 5.18. The minimum atomic E-state index is -0.512. The van der Waals surface area contributed by atoms with Crippen LogP contribution in [0, 0.1) is 24.0 Å². The Hall–Kier alpha value is -2.60. The first-order valence-electron chi connectivity index (χ1n) is 6.80. The molecule has 6 nitrogen and oxygen atoms in total. The fourth-order valence-electron chi connectivity index (χ4n) is 1.90. The van der Waals surface area contributed by atoms with E-state index in [1.807, 2.05) is 6.92 Å². The van der Waals surface area contributed by atoms with Crippen LogP contribution in [0.3, 0.4) is 0 Å². The number of benzene rings is 2. The average Bonchev–Trinajstić information content (AvgIpc) is 2.50. The van der Waals surface area contributed by atoms with Gasteiger partial charge in [0.1, 0.15) is 5.75 Å². The molecule has 1 N–H and O–H groups in total. The van der Waals surface area contributed by atoms with Crippen LogP contribution in [0.1, 0.15) is 11.1 Å². The maximum atomic E-state index is 11.9. The van der Waals surface area contributed by atoms with Crippen LogP contribution in [0.15, 0.2) is 36.4 Å². The van der Waals surface area contributed by atoms with Gasteiger partial charge in [0.05, 0.1) is 10.6 Å². The summed E-state index contributed by atoms with van der Waals surface area (Å²) in [5.74, 6) is 0.124. The first kappa shape index (κ1) is 16.8. The molecule has 0 heterocycles. The highest BCUT2D eigenvalue weighted by molar-refractivity contribution is 6.31. The Morgan fingerprint density at radius 2 is 1.96 bits per heavy atom. The van der Waals surface area contributed by atoms with Crippen molar-refractivity contribution in [2.24, 2.45) is 0 Å². The van der Waals surface area contributed by atoms with Crippen molar-refractivity contribution in [3.8, 4) is 5.75 Å². The number of nitro benzene ring substituents is 1. The number of anilines is 1. The summed E-state index contributed by atoms with van der Waals surface area (Å²) in [6.45, 7) is 3.38. The fraction of sp³-hybridized carbons (Fsp3) is 0.188. The predicted molar refractivity (Wildman–Crippen MR) is 88.1 cm³/mol. The summed E-state index contributed by atoms with van der Waals surface area (Å²) in [4.78, 5) is 22.2. The van der Waals surface area contributed by atoms with Crippen LogP contribution >= 0.6 is 11.6 Å². The molecule has 0 aliphatic carbocycles. The van der Waals surface area contributed by atoms with Gasteiger partial charge in [-0.15, -0.1) is 0 Å². The van der Waals surface area contributed by atoms with E-state index in [0.717, 1.165) is 11.1 Å². The molecule has 0 bridgehead atoms. The maximum Gasteiger partial charge on any atom is 0.271 e. The number of carbonyl (C=O) groups is 1. The molecule has 0 aliphatic rings. The summed E-state index contributed by atoms with van der Waals surface area (Å²) in [5.41, 5.74) is 1.88. The number of non-ortho nitro benzene ring substituents is 1. The molecule has 0 spiro atoms. The highest BCUT2D eigenvalue weighted by Crippen LogP contribution is 2.23. The molecule has 23 heavy (non-hydrogen) atoms. The van der Waals surface area contributed by atoms with Gasteiger partial charge in [0, 0.05) is 17.2 Å². The van der Waals surface area contributed by atoms with Gasteiger partial charge in [-0.3, -0.25) is 14.9 Å². The average molecular weight is 335 g/mol. The van der Waals surface area contributed by atoms with Gasteiger partial charge in [0.15, 0.2) is 6.61 Å². The van der Waals surface area contributed by atoms with E-state index in [0.29, 0.717) is 16.5 Å². The van der Waals surface area contributed by atoms with Crippen LogP contribution in [0.2, 0.25) is 5.02 Å². The zero-order chi connectivity index (χ0) is 17.0. The van der Waals surface area contributed by atoms with E-state index in [-0.39, 0.29) is 12.3 Å². The van der Waals surface area contributed by atoms with E-state index in [1.54, 1.807) is 31.2 Å². The predicted octanol–water partition coefficient (Wildman–Crippen LogP) is 3.88. The van der Waals surface area contributed by atoms with E-state index in [9.17, 15) is 14.9 Å². The standard InChI is InChI=1S/C16H15ClN2O4/c1-10-3-4-12(19(21)22)8-15(10)18-16(20)9-23-13-5-6-14(17)11(2)7-13/h3-8H,9H2,1-2H3,(H,18,20). The number of aryl methyl sites for hydroxylation is 2. The number of amides is 1. The van der Waals surface area contributed by atoms with Gasteiger partial charge in [-0.25, -0.2) is 0 Å². The molecular weight excluding hydrogens is 320 g/mol. The molecule has 0 aliphatic heterocycles. The zero-order valence-electron chi connectivity index (χ0n) is 12.6. The van der Waals surface area contributed by atoms with Crippen LogP contribution in [-0.4, -0.2) is 17.4 Å². The molecule has 2 aromatic carbocycles. The number of rotatable bonds is 5. The van der Waals surface area contributed by atoms with Crippen LogP contribution < -0.4 is 10.1 Å². The van der Waals surface area contributed by atoms with Crippen molar-refractivity contribution in [3.05, 3.63) is 62.7 Å². The number of nitro groups is 1. The second-order valence-electron chi connectivity index (χ2n) is 5.00. The third kappa shape index (κ3) is 4.43. The van der Waals surface area contributed by atoms with Crippen molar-refractivity contribution < 1.29 is 14.5 Å². The summed E-state index contributed by atoms with van der Waals surface area (Å²) in [6, 6.07) is 9.37. The topological polar surface area (TPSA) is 81.5 Å². The molecule has 0 atom stereocenters. The summed E-state index contributed by atoms with van der Waals surface area (Å²) in [6.07, 6.45) is 0. The summed E-state index contributed by atoms with van der Waals surface area (Å²) >= 11 is 5.92. The maximum absolute atomic E-state index is 11.9. The molecule has 0 saturated carbocycles. The molecule has 0 radical (unpaired) electrons. The highest BCUT2D eigenvalue weighted by atomic mass is 35.5. The van der Waals surface area contributed by atoms with Crippen molar-refractivity contribution in [1.29, 1.82) is 0 Å². The lowest BCUT2D eigenvalue weighted by Crippen LogP contribution is -2.20. The second kappa shape index (κ2) is 7.11. The van der Waals surface area contributed by atoms with Gasteiger partial charge in [0.25, 0.3) is 11.6 Å². The first-order valence-corrected chi connectivity index (χ1v) is 7.18. The van der Waals surface area contributed by atoms with Gasteiger partial charge in [-0.05, 0) is 43.2 Å². The van der Waals surface area contributed by atoms with Crippen molar-refractivity contribution in [2.45, 2.75) is 13.8 Å². The van der Waals surface area contributed by atoms with Gasteiger partial charge < -0.3 is 10.1 Å². The van der Waals surface area contributed by atoms with Crippen LogP contribution in [0.4, 0.5) is 11.4 Å². The Morgan fingerprint density at radius 3 is 2.61 bits per heavy atom. The van der Waals surface area contributed by atoms with Gasteiger partial charge >= 0.3 is 0 Å². The van der Waals surface area contributed by atoms with E-state index in [2.05, 4.69) is 5.32 Å². The van der Waals surface area contributed by atoms with Gasteiger partial charge in [-0.2, -0.15) is 0 Å². The second-order valence-corrected chi connectivity index (χ2v) is 5.41. The summed E-state index contributed by atoms with van der Waals surface area (Å²) in [5, 5.41) is 14.0. The number of nitrogens with one attached hydrogen (secondary N) is 1. The summed E-state index contributed by atoms with van der Waals surface area (Å²) < 4.78 is 5.39. The largest absolute Gasteiger partial charge is 0.484 e. The Morgan fingerprint density at radius 1 is 1.22 bits per heavy atom. The lowest BCUT2D eigenvalue weighted by Gasteiger charge is -2.10. The minimum Gasteiger partial charge on any atom is -0.484 e. The van der Waals surface area contributed by atoms with Crippen LogP contribution in [-0.2, 0) is 4.79 Å². The molecule has 7 heteroatoms. The third-order valence-corrected chi connectivity index (χ3v) is 3.63. The Balaban J connectivity index is 2.00. The Bertz CT molecular complexity index is 762. The lowest BCUT2D eigenvalue weighted by atomic mass is 10.2. The number of ether oxygens (including phenoxy) is 1.